The first kappa shape index (κ1) is 22.3. The summed E-state index contributed by atoms with van der Waals surface area (Å²) in [6.07, 6.45) is 13.4. The van der Waals surface area contributed by atoms with E-state index in [2.05, 4.69) is 50.2 Å². The predicted octanol–water partition coefficient (Wildman–Crippen LogP) is 4.52. The largest absolute Gasteiger partial charge is 0.392 e. The molecule has 0 bridgehead atoms. The van der Waals surface area contributed by atoms with Crippen LogP contribution in [0.5, 0.6) is 0 Å². The Morgan fingerprint density at radius 3 is 2.72 bits per heavy atom. The molecule has 0 saturated heterocycles. The number of rotatable bonds is 10. The number of aryl methyl sites for hydroxylation is 1. The van der Waals surface area contributed by atoms with Gasteiger partial charge in [0, 0.05) is 12.3 Å². The van der Waals surface area contributed by atoms with Gasteiger partial charge in [-0.25, -0.2) is 0 Å². The van der Waals surface area contributed by atoms with Crippen molar-refractivity contribution in [2.45, 2.75) is 64.1 Å². The van der Waals surface area contributed by atoms with Gasteiger partial charge in [-0.1, -0.05) is 54.5 Å². The third kappa shape index (κ3) is 6.28. The summed E-state index contributed by atoms with van der Waals surface area (Å²) in [5.41, 5.74) is 4.00. The molecule has 160 valence electrons. The Bertz CT molecular complexity index is 708. The van der Waals surface area contributed by atoms with Crippen LogP contribution in [0.4, 0.5) is 0 Å². The number of hydrogen-bond donors (Lipinski definition) is 2. The maximum atomic E-state index is 10.6. The van der Waals surface area contributed by atoms with E-state index in [0.29, 0.717) is 18.3 Å². The van der Waals surface area contributed by atoms with E-state index in [1.54, 1.807) is 5.57 Å². The summed E-state index contributed by atoms with van der Waals surface area (Å²) < 4.78 is 0. The Kier molecular flexibility index (Phi) is 8.11. The van der Waals surface area contributed by atoms with Crippen molar-refractivity contribution in [3.8, 4) is 0 Å². The second-order valence-corrected chi connectivity index (χ2v) is 9.43. The van der Waals surface area contributed by atoms with Crippen molar-refractivity contribution >= 4 is 0 Å². The van der Waals surface area contributed by atoms with Crippen LogP contribution in [-0.2, 0) is 6.42 Å². The third-order valence-corrected chi connectivity index (χ3v) is 6.80. The van der Waals surface area contributed by atoms with Crippen LogP contribution >= 0.6 is 0 Å². The summed E-state index contributed by atoms with van der Waals surface area (Å²) in [5.74, 6) is 1.21. The monoisotopic (exact) mass is 397 g/mol. The van der Waals surface area contributed by atoms with Crippen LogP contribution in [0.1, 0.15) is 49.7 Å². The highest BCUT2D eigenvalue weighted by Gasteiger charge is 2.43. The minimum atomic E-state index is -0.493. The SMILES string of the molecule is Cc1ccccc1C[C@@H](O)C=C[C@@H]1[C@H]2CC(CCCCCN(C)C)=C[C@H]2C[C@H]1O. The Hall–Kier alpha value is -1.42. The molecule has 3 rings (SSSR count). The number of hydrogen-bond acceptors (Lipinski definition) is 3. The number of nitrogens with zero attached hydrogens (tertiary/aromatic N) is 1. The van der Waals surface area contributed by atoms with Crippen LogP contribution in [0.25, 0.3) is 0 Å². The van der Waals surface area contributed by atoms with Crippen LogP contribution in [-0.4, -0.2) is 48.0 Å². The number of aliphatic hydroxyl groups is 2. The summed E-state index contributed by atoms with van der Waals surface area (Å²) in [7, 11) is 4.27. The van der Waals surface area contributed by atoms with Crippen molar-refractivity contribution in [3.05, 3.63) is 59.2 Å². The van der Waals surface area contributed by atoms with Gasteiger partial charge in [0.05, 0.1) is 12.2 Å². The quantitative estimate of drug-likeness (QED) is 0.451. The van der Waals surface area contributed by atoms with Crippen molar-refractivity contribution in [1.29, 1.82) is 0 Å². The molecule has 0 amide bonds. The van der Waals surface area contributed by atoms with Crippen LogP contribution in [0, 0.1) is 24.7 Å². The fourth-order valence-corrected chi connectivity index (χ4v) is 5.14. The molecule has 1 saturated carbocycles. The molecule has 1 fully saturated rings. The number of aliphatic hydroxyl groups excluding tert-OH is 2. The van der Waals surface area contributed by atoms with Crippen molar-refractivity contribution in [2.24, 2.45) is 17.8 Å². The summed E-state index contributed by atoms with van der Waals surface area (Å²) in [4.78, 5) is 2.26. The van der Waals surface area contributed by atoms with Crippen molar-refractivity contribution in [1.82, 2.24) is 4.90 Å². The van der Waals surface area contributed by atoms with E-state index >= 15 is 0 Å². The maximum absolute atomic E-state index is 10.6. The second kappa shape index (κ2) is 10.6. The van der Waals surface area contributed by atoms with Crippen molar-refractivity contribution in [2.75, 3.05) is 20.6 Å². The molecule has 5 atom stereocenters. The van der Waals surface area contributed by atoms with Gasteiger partial charge in [0.15, 0.2) is 0 Å². The van der Waals surface area contributed by atoms with Crippen molar-refractivity contribution < 1.29 is 10.2 Å². The highest BCUT2D eigenvalue weighted by molar-refractivity contribution is 5.27. The molecule has 3 heteroatoms. The smallest absolute Gasteiger partial charge is 0.0761 e. The molecule has 0 aliphatic heterocycles. The molecule has 0 heterocycles. The lowest BCUT2D eigenvalue weighted by molar-refractivity contribution is 0.140. The van der Waals surface area contributed by atoms with E-state index < -0.39 is 6.10 Å². The first-order valence-corrected chi connectivity index (χ1v) is 11.4. The van der Waals surface area contributed by atoms with Crippen LogP contribution < -0.4 is 0 Å². The van der Waals surface area contributed by atoms with Crippen LogP contribution in [0.2, 0.25) is 0 Å². The Morgan fingerprint density at radius 2 is 1.97 bits per heavy atom. The Balaban J connectivity index is 1.48. The van der Waals surface area contributed by atoms with Gasteiger partial charge in [-0.05, 0) is 82.6 Å². The minimum absolute atomic E-state index is 0.175. The summed E-state index contributed by atoms with van der Waals surface area (Å²) >= 11 is 0. The lowest BCUT2D eigenvalue weighted by Crippen LogP contribution is -2.18. The van der Waals surface area contributed by atoms with Gasteiger partial charge < -0.3 is 15.1 Å². The lowest BCUT2D eigenvalue weighted by atomic mass is 9.88. The van der Waals surface area contributed by atoms with E-state index in [9.17, 15) is 10.2 Å². The number of fused-ring (bicyclic) bond motifs is 1. The van der Waals surface area contributed by atoms with Gasteiger partial charge in [0.1, 0.15) is 0 Å². The zero-order valence-electron chi connectivity index (χ0n) is 18.4. The summed E-state index contributed by atoms with van der Waals surface area (Å²) in [5, 5.41) is 21.0. The van der Waals surface area contributed by atoms with E-state index in [0.717, 1.165) is 12.8 Å². The maximum Gasteiger partial charge on any atom is 0.0761 e. The highest BCUT2D eigenvalue weighted by Crippen LogP contribution is 2.48. The second-order valence-electron chi connectivity index (χ2n) is 9.43. The summed E-state index contributed by atoms with van der Waals surface area (Å²) in [6, 6.07) is 8.22. The third-order valence-electron chi connectivity index (χ3n) is 6.80. The van der Waals surface area contributed by atoms with Crippen LogP contribution in [0.3, 0.4) is 0 Å². The molecule has 2 aliphatic carbocycles. The molecule has 29 heavy (non-hydrogen) atoms. The number of allylic oxidation sites excluding steroid dienone is 2. The molecule has 0 aromatic heterocycles. The molecule has 3 nitrogen and oxygen atoms in total. The summed E-state index contributed by atoms with van der Waals surface area (Å²) in [6.45, 7) is 3.26. The zero-order valence-corrected chi connectivity index (χ0v) is 18.4. The minimum Gasteiger partial charge on any atom is -0.392 e. The predicted molar refractivity (Wildman–Crippen MR) is 121 cm³/mol. The topological polar surface area (TPSA) is 43.7 Å². The van der Waals surface area contributed by atoms with Gasteiger partial charge in [0.2, 0.25) is 0 Å². The molecule has 2 N–H and O–H groups in total. The molecule has 1 aromatic carbocycles. The van der Waals surface area contributed by atoms with E-state index in [1.165, 1.54) is 43.4 Å². The molecule has 2 aliphatic rings. The Morgan fingerprint density at radius 1 is 1.17 bits per heavy atom. The molecular weight excluding hydrogens is 358 g/mol. The van der Waals surface area contributed by atoms with Gasteiger partial charge in [-0.2, -0.15) is 0 Å². The number of benzene rings is 1. The van der Waals surface area contributed by atoms with Gasteiger partial charge in [-0.3, -0.25) is 0 Å². The van der Waals surface area contributed by atoms with Gasteiger partial charge in [-0.15, -0.1) is 0 Å². The van der Waals surface area contributed by atoms with Gasteiger partial charge in [0.25, 0.3) is 0 Å². The molecule has 0 spiro atoms. The average Bonchev–Trinajstić information content (AvgIpc) is 3.18. The van der Waals surface area contributed by atoms with Crippen LogP contribution in [0.15, 0.2) is 48.1 Å². The van der Waals surface area contributed by atoms with Gasteiger partial charge >= 0.3 is 0 Å². The number of unbranched alkanes of at least 4 members (excludes halogenated alkanes) is 2. The Labute approximate surface area is 177 Å². The first-order valence-electron chi connectivity index (χ1n) is 11.4. The molecular formula is C26H39NO2. The van der Waals surface area contributed by atoms with Crippen molar-refractivity contribution in [3.63, 3.8) is 0 Å². The molecule has 0 unspecified atom stereocenters. The standard InChI is InChI=1S/C26H39NO2/c1-19-9-6-7-11-21(19)17-23(28)12-13-24-25-16-20(15-22(25)18-26(24)29)10-5-4-8-14-27(2)3/h6-7,9,11-13,15,22-26,28-29H,4-5,8,10,14,16-18H2,1-3H3/t22-,23-,24+,25-,26+/m0/s1. The lowest BCUT2D eigenvalue weighted by Gasteiger charge is -2.19. The average molecular weight is 398 g/mol. The molecule has 0 radical (unpaired) electrons. The normalized spacial score (nSPS) is 27.6. The zero-order chi connectivity index (χ0) is 20.8. The highest BCUT2D eigenvalue weighted by atomic mass is 16.3. The van der Waals surface area contributed by atoms with E-state index in [4.69, 9.17) is 0 Å². The molecule has 1 aromatic rings. The van der Waals surface area contributed by atoms with E-state index in [1.807, 2.05) is 18.2 Å². The first-order chi connectivity index (χ1) is 13.9. The van der Waals surface area contributed by atoms with E-state index in [-0.39, 0.29) is 12.0 Å². The fourth-order valence-electron chi connectivity index (χ4n) is 5.14. The fraction of sp³-hybridized carbons (Fsp3) is 0.615.